The van der Waals surface area contributed by atoms with Crippen LogP contribution >= 0.6 is 0 Å². The predicted octanol–water partition coefficient (Wildman–Crippen LogP) is 3.51. The molecule has 0 fully saturated rings. The fourth-order valence-corrected chi connectivity index (χ4v) is 1.20. The highest BCUT2D eigenvalue weighted by Crippen LogP contribution is 2.20. The van der Waals surface area contributed by atoms with E-state index in [1.54, 1.807) is 19.1 Å². The van der Waals surface area contributed by atoms with Crippen LogP contribution in [-0.4, -0.2) is 10.1 Å². The van der Waals surface area contributed by atoms with Gasteiger partial charge >= 0.3 is 0 Å². The molecule has 0 aliphatic carbocycles. The van der Waals surface area contributed by atoms with Crippen LogP contribution in [-0.2, 0) is 0 Å². The summed E-state index contributed by atoms with van der Waals surface area (Å²) in [5.74, 6) is 0.651. The van der Waals surface area contributed by atoms with Gasteiger partial charge in [0.2, 0.25) is 0 Å². The average Bonchev–Trinajstić information content (AvgIpc) is 2.32. The van der Waals surface area contributed by atoms with E-state index in [-0.39, 0.29) is 5.75 Å². The number of aryl methyl sites for hydroxylation is 1. The quantitative estimate of drug-likeness (QED) is 0.776. The van der Waals surface area contributed by atoms with Gasteiger partial charge in [0.05, 0.1) is 11.4 Å². The maximum Gasteiger partial charge on any atom is 0.174 e. The van der Waals surface area contributed by atoms with E-state index in [4.69, 9.17) is 0 Å². The lowest BCUT2D eigenvalue weighted by atomic mass is 10.3. The number of azo groups is 1. The van der Waals surface area contributed by atoms with Gasteiger partial charge in [0, 0.05) is 0 Å². The topological polar surface area (TPSA) is 57.8 Å². The third-order valence-electron chi connectivity index (χ3n) is 2.07. The Balaban J connectivity index is 2.21. The van der Waals surface area contributed by atoms with Crippen molar-refractivity contribution in [3.63, 3.8) is 0 Å². The zero-order valence-corrected chi connectivity index (χ0v) is 8.83. The maximum absolute atomic E-state index is 9.29. The Hall–Kier alpha value is -2.23. The monoisotopic (exact) mass is 213 g/mol. The summed E-state index contributed by atoms with van der Waals surface area (Å²) in [5.41, 5.74) is 1.32. The fourth-order valence-electron chi connectivity index (χ4n) is 1.20. The number of pyridine rings is 1. The SMILES string of the molecule is Cc1nc(N=Nc2ccccc2)ccc1O. The van der Waals surface area contributed by atoms with E-state index in [2.05, 4.69) is 15.2 Å². The van der Waals surface area contributed by atoms with Gasteiger partial charge in [-0.3, -0.25) is 0 Å². The van der Waals surface area contributed by atoms with Gasteiger partial charge in [-0.05, 0) is 31.2 Å². The average molecular weight is 213 g/mol. The fraction of sp³-hybridized carbons (Fsp3) is 0.0833. The standard InChI is InChI=1S/C12H11N3O/c1-9-11(16)7-8-12(13-9)15-14-10-5-3-2-4-6-10/h2-8,16H,1H3. The molecule has 0 unspecified atom stereocenters. The van der Waals surface area contributed by atoms with Crippen molar-refractivity contribution in [2.24, 2.45) is 10.2 Å². The second-order valence-electron chi connectivity index (χ2n) is 3.31. The summed E-state index contributed by atoms with van der Waals surface area (Å²) in [6.07, 6.45) is 0. The highest BCUT2D eigenvalue weighted by molar-refractivity contribution is 5.38. The summed E-state index contributed by atoms with van der Waals surface area (Å²) in [4.78, 5) is 4.08. The molecule has 0 radical (unpaired) electrons. The number of benzene rings is 1. The molecule has 0 aliphatic rings. The van der Waals surface area contributed by atoms with Crippen molar-refractivity contribution in [3.8, 4) is 5.75 Å². The summed E-state index contributed by atoms with van der Waals surface area (Å²) in [6, 6.07) is 12.6. The Morgan fingerprint density at radius 2 is 1.75 bits per heavy atom. The van der Waals surface area contributed by atoms with Crippen molar-refractivity contribution in [1.82, 2.24) is 4.98 Å². The molecule has 0 aliphatic heterocycles. The van der Waals surface area contributed by atoms with Gasteiger partial charge in [-0.25, -0.2) is 4.98 Å². The van der Waals surface area contributed by atoms with E-state index in [1.165, 1.54) is 0 Å². The highest BCUT2D eigenvalue weighted by atomic mass is 16.3. The lowest BCUT2D eigenvalue weighted by molar-refractivity contribution is 0.468. The van der Waals surface area contributed by atoms with Gasteiger partial charge in [0.1, 0.15) is 5.75 Å². The van der Waals surface area contributed by atoms with Crippen molar-refractivity contribution in [2.45, 2.75) is 6.92 Å². The molecule has 2 rings (SSSR count). The van der Waals surface area contributed by atoms with Crippen LogP contribution in [0.3, 0.4) is 0 Å². The van der Waals surface area contributed by atoms with Gasteiger partial charge in [0.15, 0.2) is 5.82 Å². The van der Waals surface area contributed by atoms with Crippen molar-refractivity contribution in [1.29, 1.82) is 0 Å². The summed E-state index contributed by atoms with van der Waals surface area (Å²) < 4.78 is 0. The molecule has 0 spiro atoms. The molecule has 2 aromatic rings. The molecule has 4 heteroatoms. The number of aromatic nitrogens is 1. The van der Waals surface area contributed by atoms with Gasteiger partial charge in [-0.15, -0.1) is 10.2 Å². The Morgan fingerprint density at radius 3 is 2.44 bits per heavy atom. The number of hydrogen-bond acceptors (Lipinski definition) is 4. The third-order valence-corrected chi connectivity index (χ3v) is 2.07. The molecule has 16 heavy (non-hydrogen) atoms. The first-order valence-electron chi connectivity index (χ1n) is 4.89. The molecule has 0 bridgehead atoms. The molecular formula is C12H11N3O. The Morgan fingerprint density at radius 1 is 1.00 bits per heavy atom. The molecule has 80 valence electrons. The molecule has 0 saturated carbocycles. The van der Waals surface area contributed by atoms with E-state index < -0.39 is 0 Å². The zero-order chi connectivity index (χ0) is 11.4. The minimum Gasteiger partial charge on any atom is -0.506 e. The molecule has 1 aromatic heterocycles. The first-order chi connectivity index (χ1) is 7.75. The van der Waals surface area contributed by atoms with Crippen molar-refractivity contribution >= 4 is 11.5 Å². The molecule has 0 amide bonds. The van der Waals surface area contributed by atoms with E-state index in [0.29, 0.717) is 11.5 Å². The third kappa shape index (κ3) is 2.42. The Labute approximate surface area is 93.3 Å². The molecule has 0 saturated heterocycles. The van der Waals surface area contributed by atoms with Crippen LogP contribution in [0.5, 0.6) is 5.75 Å². The van der Waals surface area contributed by atoms with E-state index in [9.17, 15) is 5.11 Å². The highest BCUT2D eigenvalue weighted by Gasteiger charge is 1.98. The number of hydrogen-bond donors (Lipinski definition) is 1. The van der Waals surface area contributed by atoms with Gasteiger partial charge < -0.3 is 5.11 Å². The first-order valence-corrected chi connectivity index (χ1v) is 4.89. The zero-order valence-electron chi connectivity index (χ0n) is 8.83. The predicted molar refractivity (Wildman–Crippen MR) is 61.3 cm³/mol. The van der Waals surface area contributed by atoms with Gasteiger partial charge in [-0.2, -0.15) is 0 Å². The summed E-state index contributed by atoms with van der Waals surface area (Å²) >= 11 is 0. The van der Waals surface area contributed by atoms with Crippen molar-refractivity contribution < 1.29 is 5.11 Å². The van der Waals surface area contributed by atoms with Gasteiger partial charge in [-0.1, -0.05) is 18.2 Å². The lowest BCUT2D eigenvalue weighted by Crippen LogP contribution is -1.80. The van der Waals surface area contributed by atoms with Crippen molar-refractivity contribution in [3.05, 3.63) is 48.2 Å². The molecule has 4 nitrogen and oxygen atoms in total. The second kappa shape index (κ2) is 4.53. The molecule has 0 atom stereocenters. The number of nitrogens with zero attached hydrogens (tertiary/aromatic N) is 3. The number of aromatic hydroxyl groups is 1. The van der Waals surface area contributed by atoms with Crippen LogP contribution in [0.4, 0.5) is 11.5 Å². The minimum absolute atomic E-state index is 0.165. The summed E-state index contributed by atoms with van der Waals surface area (Å²) in [7, 11) is 0. The van der Waals surface area contributed by atoms with Crippen LogP contribution in [0, 0.1) is 6.92 Å². The van der Waals surface area contributed by atoms with Crippen LogP contribution in [0.15, 0.2) is 52.7 Å². The molecule has 1 aromatic carbocycles. The number of rotatable bonds is 2. The van der Waals surface area contributed by atoms with E-state index in [1.807, 2.05) is 30.3 Å². The summed E-state index contributed by atoms with van der Waals surface area (Å²) in [6.45, 7) is 1.72. The minimum atomic E-state index is 0.165. The lowest BCUT2D eigenvalue weighted by Gasteiger charge is -1.97. The smallest absolute Gasteiger partial charge is 0.174 e. The normalized spacial score (nSPS) is 10.8. The van der Waals surface area contributed by atoms with Crippen LogP contribution < -0.4 is 0 Å². The largest absolute Gasteiger partial charge is 0.506 e. The Kier molecular flexibility index (Phi) is 2.91. The second-order valence-corrected chi connectivity index (χ2v) is 3.31. The van der Waals surface area contributed by atoms with Crippen molar-refractivity contribution in [2.75, 3.05) is 0 Å². The van der Waals surface area contributed by atoms with Crippen LogP contribution in [0.25, 0.3) is 0 Å². The van der Waals surface area contributed by atoms with Crippen LogP contribution in [0.1, 0.15) is 5.69 Å². The van der Waals surface area contributed by atoms with Gasteiger partial charge in [0.25, 0.3) is 0 Å². The molecule has 1 N–H and O–H groups in total. The van der Waals surface area contributed by atoms with E-state index >= 15 is 0 Å². The molecule has 1 heterocycles. The van der Waals surface area contributed by atoms with E-state index in [0.717, 1.165) is 5.69 Å². The Bertz CT molecular complexity index is 509. The molecular weight excluding hydrogens is 202 g/mol. The maximum atomic E-state index is 9.29. The first kappa shape index (κ1) is 10.3. The summed E-state index contributed by atoms with van der Waals surface area (Å²) in [5, 5.41) is 17.3. The van der Waals surface area contributed by atoms with Crippen LogP contribution in [0.2, 0.25) is 0 Å².